The average Bonchev–Trinajstić information content (AvgIpc) is 2.73. The summed E-state index contributed by atoms with van der Waals surface area (Å²) in [6.45, 7) is 0.968. The molecular formula is C23H24N4O3. The third-order valence-electron chi connectivity index (χ3n) is 4.70. The normalized spacial score (nSPS) is 15.1. The average molecular weight is 404 g/mol. The van der Waals surface area contributed by atoms with Crippen molar-refractivity contribution < 1.29 is 14.3 Å². The van der Waals surface area contributed by atoms with Crippen LogP contribution in [0.25, 0.3) is 11.3 Å². The summed E-state index contributed by atoms with van der Waals surface area (Å²) in [5.74, 6) is 0.489. The minimum Gasteiger partial charge on any atom is -0.485 e. The van der Waals surface area contributed by atoms with Gasteiger partial charge in [0, 0.05) is 29.7 Å². The predicted molar refractivity (Wildman–Crippen MR) is 116 cm³/mol. The van der Waals surface area contributed by atoms with E-state index in [0.717, 1.165) is 23.5 Å². The summed E-state index contributed by atoms with van der Waals surface area (Å²) in [4.78, 5) is 18.2. The number of fused-ring (bicyclic) bond motifs is 1. The number of nitrogens with one attached hydrogen (secondary N) is 1. The Morgan fingerprint density at radius 1 is 1.17 bits per heavy atom. The van der Waals surface area contributed by atoms with Crippen LogP contribution < -0.4 is 20.5 Å². The second-order valence-electron chi connectivity index (χ2n) is 7.45. The molecular weight excluding hydrogens is 380 g/mol. The number of nitrogens with zero attached hydrogens (tertiary/aromatic N) is 2. The van der Waals surface area contributed by atoms with Gasteiger partial charge in [-0.15, -0.1) is 0 Å². The summed E-state index contributed by atoms with van der Waals surface area (Å²) < 4.78 is 11.5. The lowest BCUT2D eigenvalue weighted by molar-refractivity contribution is -0.126. The van der Waals surface area contributed by atoms with E-state index in [4.69, 9.17) is 15.2 Å². The highest BCUT2D eigenvalue weighted by molar-refractivity contribution is 5.81. The fourth-order valence-electron chi connectivity index (χ4n) is 3.37. The molecule has 4 rings (SSSR count). The van der Waals surface area contributed by atoms with Crippen molar-refractivity contribution in [1.82, 2.24) is 9.88 Å². The molecule has 2 aromatic carbocycles. The van der Waals surface area contributed by atoms with E-state index in [1.165, 1.54) is 5.56 Å². The number of hydrogen-bond donors (Lipinski definition) is 2. The van der Waals surface area contributed by atoms with Gasteiger partial charge in [-0.2, -0.15) is 0 Å². The lowest BCUT2D eigenvalue weighted by Crippen LogP contribution is -2.41. The Kier molecular flexibility index (Phi) is 5.54. The van der Waals surface area contributed by atoms with Crippen LogP contribution in [0.1, 0.15) is 5.56 Å². The Balaban J connectivity index is 1.62. The van der Waals surface area contributed by atoms with E-state index in [0.29, 0.717) is 17.2 Å². The molecule has 1 aromatic heterocycles. The smallest absolute Gasteiger partial charge is 0.262 e. The van der Waals surface area contributed by atoms with Crippen molar-refractivity contribution in [1.29, 1.82) is 0 Å². The van der Waals surface area contributed by atoms with Gasteiger partial charge in [-0.3, -0.25) is 9.78 Å². The molecule has 1 aliphatic rings. The van der Waals surface area contributed by atoms with E-state index in [9.17, 15) is 4.79 Å². The Morgan fingerprint density at radius 2 is 1.97 bits per heavy atom. The minimum absolute atomic E-state index is 0.101. The molecule has 3 N–H and O–H groups in total. The molecule has 0 bridgehead atoms. The van der Waals surface area contributed by atoms with Gasteiger partial charge < -0.3 is 25.4 Å². The summed E-state index contributed by atoms with van der Waals surface area (Å²) >= 11 is 0. The molecule has 2 heterocycles. The van der Waals surface area contributed by atoms with Crippen molar-refractivity contribution in [2.75, 3.05) is 26.0 Å². The molecule has 1 atom stereocenters. The SMILES string of the molecule is CN(C)Cc1cccc(Nc2ccnc(-c3cccc4c3OC(C(N)=O)CO4)c2)c1. The summed E-state index contributed by atoms with van der Waals surface area (Å²) in [6, 6.07) is 17.7. The van der Waals surface area contributed by atoms with Crippen LogP contribution in [0.3, 0.4) is 0 Å². The number of primary amides is 1. The van der Waals surface area contributed by atoms with Crippen LogP contribution in [-0.2, 0) is 11.3 Å². The lowest BCUT2D eigenvalue weighted by Gasteiger charge is -2.26. The number of carbonyl (C=O) groups is 1. The summed E-state index contributed by atoms with van der Waals surface area (Å²) in [6.07, 6.45) is 0.912. The second kappa shape index (κ2) is 8.42. The molecule has 7 nitrogen and oxygen atoms in total. The van der Waals surface area contributed by atoms with E-state index in [1.54, 1.807) is 12.3 Å². The Bertz CT molecular complexity index is 1070. The maximum Gasteiger partial charge on any atom is 0.262 e. The van der Waals surface area contributed by atoms with Gasteiger partial charge >= 0.3 is 0 Å². The first-order valence-corrected chi connectivity index (χ1v) is 9.68. The molecule has 0 saturated heterocycles. The maximum atomic E-state index is 11.6. The minimum atomic E-state index is -0.820. The molecule has 0 spiro atoms. The standard InChI is InChI=1S/C23H24N4O3/c1-27(2)13-15-5-3-6-16(11-15)26-17-9-10-25-19(12-17)18-7-4-8-20-22(18)30-21(14-29-20)23(24)28/h3-12,21H,13-14H2,1-2H3,(H2,24,28)(H,25,26). The zero-order valence-corrected chi connectivity index (χ0v) is 17.0. The largest absolute Gasteiger partial charge is 0.485 e. The van der Waals surface area contributed by atoms with E-state index in [-0.39, 0.29) is 6.61 Å². The Hall–Kier alpha value is -3.58. The van der Waals surface area contributed by atoms with Crippen LogP contribution in [0.4, 0.5) is 11.4 Å². The van der Waals surface area contributed by atoms with Crippen LogP contribution in [0.2, 0.25) is 0 Å². The number of carbonyl (C=O) groups excluding carboxylic acids is 1. The highest BCUT2D eigenvalue weighted by Crippen LogP contribution is 2.40. The number of anilines is 2. The van der Waals surface area contributed by atoms with E-state index >= 15 is 0 Å². The highest BCUT2D eigenvalue weighted by atomic mass is 16.6. The summed E-state index contributed by atoms with van der Waals surface area (Å²) in [7, 11) is 4.09. The van der Waals surface area contributed by atoms with Crippen molar-refractivity contribution >= 4 is 17.3 Å². The molecule has 0 saturated carbocycles. The topological polar surface area (TPSA) is 89.7 Å². The van der Waals surface area contributed by atoms with Crippen molar-refractivity contribution in [3.63, 3.8) is 0 Å². The number of rotatable bonds is 6. The molecule has 1 aliphatic heterocycles. The number of pyridine rings is 1. The third kappa shape index (κ3) is 4.36. The summed E-state index contributed by atoms with van der Waals surface area (Å²) in [5, 5.41) is 3.43. The number of para-hydroxylation sites is 1. The van der Waals surface area contributed by atoms with Crippen LogP contribution in [0.5, 0.6) is 11.5 Å². The number of nitrogens with two attached hydrogens (primary N) is 1. The first-order chi connectivity index (χ1) is 14.5. The molecule has 7 heteroatoms. The fourth-order valence-corrected chi connectivity index (χ4v) is 3.37. The zero-order valence-electron chi connectivity index (χ0n) is 17.0. The van der Waals surface area contributed by atoms with Crippen molar-refractivity contribution in [2.24, 2.45) is 5.73 Å². The van der Waals surface area contributed by atoms with Gasteiger partial charge in [0.1, 0.15) is 6.61 Å². The lowest BCUT2D eigenvalue weighted by atomic mass is 10.1. The molecule has 0 radical (unpaired) electrons. The van der Waals surface area contributed by atoms with E-state index in [1.807, 2.05) is 50.5 Å². The molecule has 3 aromatic rings. The first-order valence-electron chi connectivity index (χ1n) is 9.68. The molecule has 30 heavy (non-hydrogen) atoms. The number of aromatic nitrogens is 1. The molecule has 1 amide bonds. The molecule has 1 unspecified atom stereocenters. The van der Waals surface area contributed by atoms with Crippen LogP contribution in [0.15, 0.2) is 60.8 Å². The van der Waals surface area contributed by atoms with Gasteiger partial charge in [-0.1, -0.05) is 18.2 Å². The third-order valence-corrected chi connectivity index (χ3v) is 4.70. The number of benzene rings is 2. The van der Waals surface area contributed by atoms with Gasteiger partial charge in [0.25, 0.3) is 5.91 Å². The van der Waals surface area contributed by atoms with Gasteiger partial charge in [0.15, 0.2) is 11.5 Å². The number of hydrogen-bond acceptors (Lipinski definition) is 6. The van der Waals surface area contributed by atoms with Crippen molar-refractivity contribution in [3.05, 3.63) is 66.4 Å². The number of amides is 1. The predicted octanol–water partition coefficient (Wildman–Crippen LogP) is 3.18. The zero-order chi connectivity index (χ0) is 21.1. The van der Waals surface area contributed by atoms with Gasteiger partial charge in [0.05, 0.1) is 5.69 Å². The Labute approximate surface area is 175 Å². The van der Waals surface area contributed by atoms with Crippen LogP contribution in [-0.4, -0.2) is 42.6 Å². The quantitative estimate of drug-likeness (QED) is 0.656. The van der Waals surface area contributed by atoms with Crippen molar-refractivity contribution in [3.8, 4) is 22.8 Å². The van der Waals surface area contributed by atoms with E-state index < -0.39 is 12.0 Å². The number of ether oxygens (including phenoxy) is 2. The van der Waals surface area contributed by atoms with E-state index in [2.05, 4.69) is 27.3 Å². The van der Waals surface area contributed by atoms with Crippen LogP contribution >= 0.6 is 0 Å². The highest BCUT2D eigenvalue weighted by Gasteiger charge is 2.28. The maximum absolute atomic E-state index is 11.6. The molecule has 0 aliphatic carbocycles. The van der Waals surface area contributed by atoms with Crippen LogP contribution in [0, 0.1) is 0 Å². The monoisotopic (exact) mass is 404 g/mol. The van der Waals surface area contributed by atoms with Gasteiger partial charge in [-0.05, 0) is 56.1 Å². The molecule has 154 valence electrons. The molecule has 0 fully saturated rings. The van der Waals surface area contributed by atoms with Crippen molar-refractivity contribution in [2.45, 2.75) is 12.6 Å². The first kappa shape index (κ1) is 19.7. The summed E-state index contributed by atoms with van der Waals surface area (Å²) in [5.41, 5.74) is 9.94. The van der Waals surface area contributed by atoms with Gasteiger partial charge in [-0.25, -0.2) is 0 Å². The Morgan fingerprint density at radius 3 is 2.77 bits per heavy atom. The fraction of sp³-hybridized carbons (Fsp3) is 0.217. The van der Waals surface area contributed by atoms with Gasteiger partial charge in [0.2, 0.25) is 6.10 Å². The second-order valence-corrected chi connectivity index (χ2v) is 7.45.